The van der Waals surface area contributed by atoms with Gasteiger partial charge in [0, 0.05) is 11.3 Å². The first-order valence-corrected chi connectivity index (χ1v) is 6.72. The summed E-state index contributed by atoms with van der Waals surface area (Å²) in [6, 6.07) is 16.0. The summed E-state index contributed by atoms with van der Waals surface area (Å²) in [6.07, 6.45) is 0. The second kappa shape index (κ2) is 5.79. The highest BCUT2D eigenvalue weighted by Gasteiger charge is 2.09. The molecule has 100 valence electrons. The van der Waals surface area contributed by atoms with Crippen LogP contribution in [0.4, 0.5) is 5.69 Å². The summed E-state index contributed by atoms with van der Waals surface area (Å²) in [4.78, 5) is 0. The summed E-state index contributed by atoms with van der Waals surface area (Å²) in [6.45, 7) is 6.42. The van der Waals surface area contributed by atoms with Gasteiger partial charge in [-0.3, -0.25) is 0 Å². The Hall–Kier alpha value is -1.96. The predicted molar refractivity (Wildman–Crippen MR) is 80.7 cm³/mol. The molecule has 2 N–H and O–H groups in total. The summed E-state index contributed by atoms with van der Waals surface area (Å²) < 4.78 is 0. The van der Waals surface area contributed by atoms with Crippen molar-refractivity contribution in [2.24, 2.45) is 0 Å². The van der Waals surface area contributed by atoms with E-state index in [4.69, 9.17) is 0 Å². The maximum absolute atomic E-state index is 9.84. The Morgan fingerprint density at radius 1 is 0.895 bits per heavy atom. The molecule has 0 heterocycles. The van der Waals surface area contributed by atoms with Gasteiger partial charge >= 0.3 is 0 Å². The highest BCUT2D eigenvalue weighted by atomic mass is 16.3. The Kier molecular flexibility index (Phi) is 4.10. The van der Waals surface area contributed by atoms with Gasteiger partial charge in [-0.05, 0) is 36.6 Å². The van der Waals surface area contributed by atoms with Crippen LogP contribution < -0.4 is 5.32 Å². The molecule has 2 aromatic carbocycles. The molecule has 0 saturated heterocycles. The Labute approximate surface area is 115 Å². The topological polar surface area (TPSA) is 32.3 Å². The van der Waals surface area contributed by atoms with Crippen molar-refractivity contribution in [1.82, 2.24) is 0 Å². The first-order valence-electron chi connectivity index (χ1n) is 6.72. The molecule has 0 spiro atoms. The molecule has 2 nitrogen and oxygen atoms in total. The number of para-hydroxylation sites is 1. The van der Waals surface area contributed by atoms with Crippen molar-refractivity contribution < 1.29 is 5.11 Å². The van der Waals surface area contributed by atoms with E-state index in [9.17, 15) is 5.11 Å². The van der Waals surface area contributed by atoms with Crippen LogP contribution in [0, 0.1) is 0 Å². The number of hydrogen-bond acceptors (Lipinski definition) is 2. The summed E-state index contributed by atoms with van der Waals surface area (Å²) in [5, 5.41) is 13.2. The fourth-order valence-electron chi connectivity index (χ4n) is 2.15. The van der Waals surface area contributed by atoms with Crippen LogP contribution in [0.15, 0.2) is 48.5 Å². The minimum Gasteiger partial charge on any atom is -0.508 e. The van der Waals surface area contributed by atoms with Gasteiger partial charge < -0.3 is 10.4 Å². The zero-order valence-electron chi connectivity index (χ0n) is 11.7. The van der Waals surface area contributed by atoms with Gasteiger partial charge in [-0.15, -0.1) is 0 Å². The van der Waals surface area contributed by atoms with E-state index in [1.807, 2.05) is 25.1 Å². The van der Waals surface area contributed by atoms with Crippen LogP contribution in [0.5, 0.6) is 5.75 Å². The Balaban J connectivity index is 2.11. The molecule has 0 aliphatic rings. The van der Waals surface area contributed by atoms with E-state index in [1.54, 1.807) is 6.07 Å². The minimum atomic E-state index is 0.0751. The first-order chi connectivity index (χ1) is 9.08. The van der Waals surface area contributed by atoms with Crippen LogP contribution in [0.1, 0.15) is 43.9 Å². The van der Waals surface area contributed by atoms with Crippen LogP contribution in [0.3, 0.4) is 0 Å². The van der Waals surface area contributed by atoms with E-state index in [0.717, 1.165) is 11.3 Å². The normalized spacial score (nSPS) is 12.4. The van der Waals surface area contributed by atoms with Gasteiger partial charge in [0.25, 0.3) is 0 Å². The second-order valence-corrected chi connectivity index (χ2v) is 5.20. The van der Waals surface area contributed by atoms with Crippen LogP contribution in [0.25, 0.3) is 0 Å². The third-order valence-electron chi connectivity index (χ3n) is 3.36. The average Bonchev–Trinajstić information content (AvgIpc) is 2.39. The Morgan fingerprint density at radius 2 is 1.53 bits per heavy atom. The number of phenolic OH excluding ortho intramolecular Hbond substituents is 1. The molecule has 0 aliphatic heterocycles. The van der Waals surface area contributed by atoms with Crippen molar-refractivity contribution in [1.29, 1.82) is 0 Å². The van der Waals surface area contributed by atoms with E-state index < -0.39 is 0 Å². The molecule has 1 unspecified atom stereocenters. The maximum atomic E-state index is 9.84. The lowest BCUT2D eigenvalue weighted by molar-refractivity contribution is 0.465. The van der Waals surface area contributed by atoms with Gasteiger partial charge in [0.05, 0.1) is 6.04 Å². The van der Waals surface area contributed by atoms with Crippen LogP contribution >= 0.6 is 0 Å². The molecule has 0 radical (unpaired) electrons. The van der Waals surface area contributed by atoms with Gasteiger partial charge in [0.2, 0.25) is 0 Å². The van der Waals surface area contributed by atoms with E-state index in [0.29, 0.717) is 11.7 Å². The summed E-state index contributed by atoms with van der Waals surface area (Å²) in [7, 11) is 0. The van der Waals surface area contributed by atoms with Gasteiger partial charge in [0.15, 0.2) is 0 Å². The molecule has 2 aromatic rings. The summed E-state index contributed by atoms with van der Waals surface area (Å²) >= 11 is 0. The number of phenols is 1. The smallest absolute Gasteiger partial charge is 0.120 e. The zero-order valence-corrected chi connectivity index (χ0v) is 11.7. The standard InChI is InChI=1S/C17H21NO/c1-12(2)14-8-10-15(11-9-14)18-13(3)16-6-4-5-7-17(16)19/h4-13,18-19H,1-3H3. The maximum Gasteiger partial charge on any atom is 0.120 e. The number of rotatable bonds is 4. The summed E-state index contributed by atoms with van der Waals surface area (Å²) in [5.74, 6) is 0.881. The van der Waals surface area contributed by atoms with Crippen molar-refractivity contribution in [3.8, 4) is 5.75 Å². The highest BCUT2D eigenvalue weighted by molar-refractivity contribution is 5.48. The molecule has 19 heavy (non-hydrogen) atoms. The first kappa shape index (κ1) is 13.5. The van der Waals surface area contributed by atoms with Crippen molar-refractivity contribution in [3.63, 3.8) is 0 Å². The van der Waals surface area contributed by atoms with Crippen molar-refractivity contribution in [2.45, 2.75) is 32.7 Å². The Morgan fingerprint density at radius 3 is 2.11 bits per heavy atom. The molecule has 0 amide bonds. The molecule has 0 aromatic heterocycles. The molecule has 0 saturated carbocycles. The fourth-order valence-corrected chi connectivity index (χ4v) is 2.15. The SMILES string of the molecule is CC(C)c1ccc(NC(C)c2ccccc2O)cc1. The predicted octanol–water partition coefficient (Wildman–Crippen LogP) is 4.69. The molecule has 1 atom stereocenters. The third-order valence-corrected chi connectivity index (χ3v) is 3.36. The van der Waals surface area contributed by atoms with Crippen LogP contribution in [-0.2, 0) is 0 Å². The van der Waals surface area contributed by atoms with Crippen molar-refractivity contribution >= 4 is 5.69 Å². The molecular formula is C17H21NO. The van der Waals surface area contributed by atoms with Gasteiger partial charge in [0.1, 0.15) is 5.75 Å². The van der Waals surface area contributed by atoms with Crippen LogP contribution in [0.2, 0.25) is 0 Å². The third kappa shape index (κ3) is 3.28. The highest BCUT2D eigenvalue weighted by Crippen LogP contribution is 2.27. The van der Waals surface area contributed by atoms with Crippen molar-refractivity contribution in [3.05, 3.63) is 59.7 Å². The van der Waals surface area contributed by atoms with Crippen LogP contribution in [-0.4, -0.2) is 5.11 Å². The van der Waals surface area contributed by atoms with Gasteiger partial charge in [-0.1, -0.05) is 44.2 Å². The lowest BCUT2D eigenvalue weighted by Gasteiger charge is -2.17. The number of nitrogens with one attached hydrogen (secondary N) is 1. The van der Waals surface area contributed by atoms with E-state index >= 15 is 0 Å². The second-order valence-electron chi connectivity index (χ2n) is 5.20. The van der Waals surface area contributed by atoms with Gasteiger partial charge in [-0.25, -0.2) is 0 Å². The number of hydrogen-bond donors (Lipinski definition) is 2. The molecular weight excluding hydrogens is 234 g/mol. The van der Waals surface area contributed by atoms with E-state index in [2.05, 4.69) is 43.4 Å². The molecule has 0 aliphatic carbocycles. The number of anilines is 1. The minimum absolute atomic E-state index is 0.0751. The molecule has 0 bridgehead atoms. The number of benzene rings is 2. The lowest BCUT2D eigenvalue weighted by atomic mass is 10.0. The fraction of sp³-hybridized carbons (Fsp3) is 0.294. The summed E-state index contributed by atoms with van der Waals surface area (Å²) in [5.41, 5.74) is 3.32. The quantitative estimate of drug-likeness (QED) is 0.830. The van der Waals surface area contributed by atoms with E-state index in [1.165, 1.54) is 5.56 Å². The molecule has 2 rings (SSSR count). The largest absolute Gasteiger partial charge is 0.508 e. The van der Waals surface area contributed by atoms with E-state index in [-0.39, 0.29) is 6.04 Å². The molecule has 0 fully saturated rings. The number of aromatic hydroxyl groups is 1. The monoisotopic (exact) mass is 255 g/mol. The zero-order chi connectivity index (χ0) is 13.8. The average molecular weight is 255 g/mol. The van der Waals surface area contributed by atoms with Crippen molar-refractivity contribution in [2.75, 3.05) is 5.32 Å². The molecule has 2 heteroatoms. The Bertz CT molecular complexity index is 531. The van der Waals surface area contributed by atoms with Gasteiger partial charge in [-0.2, -0.15) is 0 Å². The lowest BCUT2D eigenvalue weighted by Crippen LogP contribution is -2.06.